The van der Waals surface area contributed by atoms with Gasteiger partial charge in [-0.25, -0.2) is 18.6 Å². The molecule has 2 aromatic heterocycles. The average Bonchev–Trinajstić information content (AvgIpc) is 2.88. The number of amides is 1. The number of hydrogen-bond acceptors (Lipinski definition) is 4. The van der Waals surface area contributed by atoms with E-state index in [1.807, 2.05) is 33.9 Å². The van der Waals surface area contributed by atoms with Crippen LogP contribution in [-0.2, 0) is 24.6 Å². The van der Waals surface area contributed by atoms with Crippen LogP contribution in [0.5, 0.6) is 0 Å². The number of hydrogen-bond donors (Lipinski definition) is 1. The van der Waals surface area contributed by atoms with Gasteiger partial charge in [0.2, 0.25) is 0 Å². The van der Waals surface area contributed by atoms with Gasteiger partial charge in [-0.05, 0) is 70.2 Å². The largest absolute Gasteiger partial charge is 0.444 e. The third-order valence-corrected chi connectivity index (χ3v) is 6.14. The van der Waals surface area contributed by atoms with Gasteiger partial charge in [-0.3, -0.25) is 0 Å². The zero-order valence-electron chi connectivity index (χ0n) is 19.7. The van der Waals surface area contributed by atoms with Gasteiger partial charge in [-0.1, -0.05) is 0 Å². The fourth-order valence-corrected chi connectivity index (χ4v) is 4.47. The van der Waals surface area contributed by atoms with Gasteiger partial charge in [0.25, 0.3) is 0 Å². The molecule has 1 aliphatic rings. The van der Waals surface area contributed by atoms with E-state index in [1.54, 1.807) is 18.1 Å². The molecule has 1 amide bonds. The van der Waals surface area contributed by atoms with Gasteiger partial charge in [0.1, 0.15) is 11.2 Å². The Kier molecular flexibility index (Phi) is 6.03. The van der Waals surface area contributed by atoms with Crippen molar-refractivity contribution in [2.24, 2.45) is 7.05 Å². The molecule has 6 nitrogen and oxygen atoms in total. The Hall–Kier alpha value is -3.16. The number of nitrogens with one attached hydrogen (secondary N) is 1. The summed E-state index contributed by atoms with van der Waals surface area (Å²) >= 11 is 0. The van der Waals surface area contributed by atoms with Crippen LogP contribution in [0.1, 0.15) is 44.9 Å². The van der Waals surface area contributed by atoms with E-state index in [1.165, 1.54) is 17.3 Å². The summed E-state index contributed by atoms with van der Waals surface area (Å²) < 4.78 is 34.5. The van der Waals surface area contributed by atoms with Crippen LogP contribution < -0.4 is 5.32 Å². The maximum atomic E-state index is 13.6. The number of rotatable bonds is 3. The SMILES string of the molecule is CN(C(=O)OC(C)(C)C)C1CCc2c(n(C)c3ncc(Nc4ccc(F)c(F)c4)cc23)CC1. The third-order valence-electron chi connectivity index (χ3n) is 6.14. The average molecular weight is 457 g/mol. The molecule has 0 bridgehead atoms. The van der Waals surface area contributed by atoms with Gasteiger partial charge in [0, 0.05) is 43.0 Å². The summed E-state index contributed by atoms with van der Waals surface area (Å²) in [4.78, 5) is 18.9. The second kappa shape index (κ2) is 8.65. The van der Waals surface area contributed by atoms with Gasteiger partial charge in [0.15, 0.2) is 11.6 Å². The first-order valence-corrected chi connectivity index (χ1v) is 11.2. The predicted octanol–water partition coefficient (Wildman–Crippen LogP) is 5.71. The quantitative estimate of drug-likeness (QED) is 0.513. The Labute approximate surface area is 192 Å². The molecule has 176 valence electrons. The lowest BCUT2D eigenvalue weighted by molar-refractivity contribution is 0.0209. The Bertz CT molecular complexity index is 1200. The molecule has 0 aliphatic heterocycles. The maximum Gasteiger partial charge on any atom is 0.410 e. The summed E-state index contributed by atoms with van der Waals surface area (Å²) in [6.07, 6.45) is 4.69. The zero-order valence-corrected chi connectivity index (χ0v) is 19.7. The van der Waals surface area contributed by atoms with E-state index in [0.29, 0.717) is 11.4 Å². The molecular formula is C25H30F2N4O2. The van der Waals surface area contributed by atoms with Gasteiger partial charge >= 0.3 is 6.09 Å². The van der Waals surface area contributed by atoms with Crippen molar-refractivity contribution in [3.63, 3.8) is 0 Å². The van der Waals surface area contributed by atoms with Gasteiger partial charge in [-0.15, -0.1) is 0 Å². The van der Waals surface area contributed by atoms with Crippen LogP contribution >= 0.6 is 0 Å². The second-order valence-electron chi connectivity index (χ2n) is 9.66. The first-order valence-electron chi connectivity index (χ1n) is 11.2. The normalized spacial score (nSPS) is 16.3. The molecular weight excluding hydrogens is 426 g/mol. The first kappa shape index (κ1) is 23.0. The van der Waals surface area contributed by atoms with Crippen molar-refractivity contribution in [1.29, 1.82) is 0 Å². The highest BCUT2D eigenvalue weighted by Gasteiger charge is 2.29. The summed E-state index contributed by atoms with van der Waals surface area (Å²) in [7, 11) is 3.81. The molecule has 0 spiro atoms. The number of carbonyl (C=O) groups excluding carboxylic acids is 1. The summed E-state index contributed by atoms with van der Waals surface area (Å²) in [6.45, 7) is 5.60. The molecule has 1 atom stereocenters. The highest BCUT2D eigenvalue weighted by molar-refractivity contribution is 5.86. The Morgan fingerprint density at radius 3 is 2.58 bits per heavy atom. The molecule has 0 saturated heterocycles. The van der Waals surface area contributed by atoms with Gasteiger partial charge in [-0.2, -0.15) is 0 Å². The molecule has 3 aromatic rings. The lowest BCUT2D eigenvalue weighted by atomic mass is 10.1. The lowest BCUT2D eigenvalue weighted by Gasteiger charge is -2.30. The Morgan fingerprint density at radius 1 is 1.15 bits per heavy atom. The number of aryl methyl sites for hydroxylation is 2. The Balaban J connectivity index is 1.57. The number of pyridine rings is 1. The van der Waals surface area contributed by atoms with Crippen molar-refractivity contribution in [2.45, 2.75) is 58.1 Å². The first-order chi connectivity index (χ1) is 15.5. The fourth-order valence-electron chi connectivity index (χ4n) is 4.47. The van der Waals surface area contributed by atoms with Crippen LogP contribution in [-0.4, -0.2) is 39.2 Å². The van der Waals surface area contributed by atoms with E-state index in [9.17, 15) is 13.6 Å². The number of benzene rings is 1. The third kappa shape index (κ3) is 4.79. The van der Waals surface area contributed by atoms with E-state index in [4.69, 9.17) is 4.74 Å². The van der Waals surface area contributed by atoms with Crippen LogP contribution in [0.2, 0.25) is 0 Å². The monoisotopic (exact) mass is 456 g/mol. The van der Waals surface area contributed by atoms with E-state index < -0.39 is 17.2 Å². The van der Waals surface area contributed by atoms with Crippen LogP contribution in [0.25, 0.3) is 11.0 Å². The summed E-state index contributed by atoms with van der Waals surface area (Å²) in [5, 5.41) is 4.14. The van der Waals surface area contributed by atoms with E-state index >= 15 is 0 Å². The zero-order chi connectivity index (χ0) is 23.9. The number of aromatic nitrogens is 2. The number of anilines is 2. The number of fused-ring (bicyclic) bond motifs is 3. The summed E-state index contributed by atoms with van der Waals surface area (Å²) in [5.74, 6) is -1.78. The number of halogens is 2. The minimum atomic E-state index is -0.900. The minimum Gasteiger partial charge on any atom is -0.444 e. The molecule has 2 heterocycles. The van der Waals surface area contributed by atoms with Gasteiger partial charge < -0.3 is 19.5 Å². The van der Waals surface area contributed by atoms with Crippen molar-refractivity contribution in [1.82, 2.24) is 14.5 Å². The predicted molar refractivity (Wildman–Crippen MR) is 125 cm³/mol. The molecule has 1 N–H and O–H groups in total. The molecule has 4 rings (SSSR count). The molecule has 1 aromatic carbocycles. The molecule has 0 saturated carbocycles. The highest BCUT2D eigenvalue weighted by atomic mass is 19.2. The van der Waals surface area contributed by atoms with Crippen molar-refractivity contribution in [2.75, 3.05) is 12.4 Å². The minimum absolute atomic E-state index is 0.0822. The molecule has 0 radical (unpaired) electrons. The summed E-state index contributed by atoms with van der Waals surface area (Å²) in [6, 6.07) is 5.80. The highest BCUT2D eigenvalue weighted by Crippen LogP contribution is 2.33. The van der Waals surface area contributed by atoms with Crippen molar-refractivity contribution < 1.29 is 18.3 Å². The lowest BCUT2D eigenvalue weighted by Crippen LogP contribution is -2.41. The van der Waals surface area contributed by atoms with Crippen LogP contribution in [0.15, 0.2) is 30.5 Å². The topological polar surface area (TPSA) is 59.4 Å². The van der Waals surface area contributed by atoms with Crippen molar-refractivity contribution in [3.8, 4) is 0 Å². The molecule has 1 unspecified atom stereocenters. The second-order valence-corrected chi connectivity index (χ2v) is 9.66. The van der Waals surface area contributed by atoms with Crippen LogP contribution in [0, 0.1) is 11.6 Å². The number of nitrogens with zero attached hydrogens (tertiary/aromatic N) is 3. The maximum absolute atomic E-state index is 13.6. The van der Waals surface area contributed by atoms with Crippen molar-refractivity contribution >= 4 is 28.5 Å². The molecule has 8 heteroatoms. The molecule has 0 fully saturated rings. The number of carbonyl (C=O) groups is 1. The van der Waals surface area contributed by atoms with Crippen molar-refractivity contribution in [3.05, 3.63) is 53.4 Å². The van der Waals surface area contributed by atoms with E-state index in [0.717, 1.165) is 48.8 Å². The Morgan fingerprint density at radius 2 is 1.88 bits per heavy atom. The van der Waals surface area contributed by atoms with Crippen LogP contribution in [0.3, 0.4) is 0 Å². The van der Waals surface area contributed by atoms with Gasteiger partial charge in [0.05, 0.1) is 11.9 Å². The fraction of sp³-hybridized carbons (Fsp3) is 0.440. The molecule has 1 aliphatic carbocycles. The summed E-state index contributed by atoms with van der Waals surface area (Å²) in [5.41, 5.74) is 3.94. The van der Waals surface area contributed by atoms with E-state index in [2.05, 4.69) is 14.9 Å². The van der Waals surface area contributed by atoms with Crippen LogP contribution in [0.4, 0.5) is 25.0 Å². The standard InChI is InChI=1S/C25H30F2N4O2/c1-25(2,3)33-24(32)30(4)17-7-9-18-19-12-16(29-15-6-10-20(26)21(27)13-15)14-28-23(19)31(5)22(18)11-8-17/h6,10,12-14,17,29H,7-9,11H2,1-5H3. The smallest absolute Gasteiger partial charge is 0.410 e. The number of ether oxygens (including phenoxy) is 1. The van der Waals surface area contributed by atoms with E-state index in [-0.39, 0.29) is 12.1 Å². The molecule has 33 heavy (non-hydrogen) atoms.